The highest BCUT2D eigenvalue weighted by Crippen LogP contribution is 2.14. The monoisotopic (exact) mass is 231 g/mol. The van der Waals surface area contributed by atoms with E-state index in [1.807, 2.05) is 0 Å². The van der Waals surface area contributed by atoms with Gasteiger partial charge >= 0.3 is 5.97 Å². The third kappa shape index (κ3) is 3.83. The Labute approximate surface area is 93.4 Å². The summed E-state index contributed by atoms with van der Waals surface area (Å²) in [5, 5.41) is 0.120. The Morgan fingerprint density at radius 2 is 2.13 bits per heavy atom. The second kappa shape index (κ2) is 7.17. The molecule has 0 fully saturated rings. The minimum absolute atomic E-state index is 0.120. The lowest BCUT2D eigenvalue weighted by Gasteiger charge is -2.02. The molecule has 0 saturated carbocycles. The van der Waals surface area contributed by atoms with E-state index in [4.69, 9.17) is 17.3 Å². The summed E-state index contributed by atoms with van der Waals surface area (Å²) in [5.41, 5.74) is 10.7. The highest BCUT2D eigenvalue weighted by molar-refractivity contribution is 6.32. The number of hydrogen-bond donors (Lipinski definition) is 2. The summed E-state index contributed by atoms with van der Waals surface area (Å²) in [5.74, 6) is -0.499. The number of halogens is 1. The number of esters is 1. The molecule has 1 rings (SSSR count). The predicted octanol–water partition coefficient (Wildman–Crippen LogP) is 0.555. The number of nitrogens with two attached hydrogens (primary N) is 2. The number of hydrogen-bond acceptors (Lipinski definition) is 5. The summed E-state index contributed by atoms with van der Waals surface area (Å²) in [6, 6.07) is 3.18. The van der Waals surface area contributed by atoms with Gasteiger partial charge in [-0.15, -0.1) is 0 Å². The topological polar surface area (TPSA) is 91.2 Å². The van der Waals surface area contributed by atoms with Gasteiger partial charge in [0, 0.05) is 6.54 Å². The number of carbonyl (C=O) groups is 1. The summed E-state index contributed by atoms with van der Waals surface area (Å²) in [7, 11) is 2.79. The van der Waals surface area contributed by atoms with Crippen molar-refractivity contribution in [3.8, 4) is 0 Å². The van der Waals surface area contributed by atoms with Crippen LogP contribution in [0.5, 0.6) is 0 Å². The van der Waals surface area contributed by atoms with Crippen molar-refractivity contribution < 1.29 is 9.53 Å². The maximum absolute atomic E-state index is 11.1. The van der Waals surface area contributed by atoms with Crippen LogP contribution in [0.1, 0.15) is 16.1 Å². The zero-order valence-corrected chi connectivity index (χ0v) is 9.41. The molecule has 0 spiro atoms. The van der Waals surface area contributed by atoms with E-state index in [1.54, 1.807) is 12.1 Å². The summed E-state index contributed by atoms with van der Waals surface area (Å²) in [4.78, 5) is 15.0. The Bertz CT molecular complexity index is 331. The fraction of sp³-hybridized carbons (Fsp3) is 0.333. The van der Waals surface area contributed by atoms with E-state index >= 15 is 0 Å². The van der Waals surface area contributed by atoms with E-state index in [0.717, 1.165) is 0 Å². The molecular weight excluding hydrogens is 218 g/mol. The highest BCUT2D eigenvalue weighted by atomic mass is 35.5. The quantitative estimate of drug-likeness (QED) is 0.573. The van der Waals surface area contributed by atoms with Crippen LogP contribution in [0, 0.1) is 0 Å². The smallest absolute Gasteiger partial charge is 0.341 e. The van der Waals surface area contributed by atoms with Crippen molar-refractivity contribution in [3.63, 3.8) is 0 Å². The van der Waals surface area contributed by atoms with Gasteiger partial charge in [0.2, 0.25) is 0 Å². The summed E-state index contributed by atoms with van der Waals surface area (Å²) < 4.78 is 4.50. The first-order valence-corrected chi connectivity index (χ1v) is 4.58. The molecule has 0 amide bonds. The van der Waals surface area contributed by atoms with Crippen LogP contribution in [0.2, 0.25) is 5.15 Å². The first-order chi connectivity index (χ1) is 7.19. The van der Waals surface area contributed by atoms with Gasteiger partial charge in [-0.25, -0.2) is 9.78 Å². The molecule has 6 heteroatoms. The van der Waals surface area contributed by atoms with Crippen LogP contribution in [-0.4, -0.2) is 25.1 Å². The molecule has 1 aromatic heterocycles. The predicted molar refractivity (Wildman–Crippen MR) is 58.6 cm³/mol. The Balaban J connectivity index is 0.000000921. The van der Waals surface area contributed by atoms with Crippen LogP contribution in [-0.2, 0) is 11.3 Å². The summed E-state index contributed by atoms with van der Waals surface area (Å²) >= 11 is 5.71. The number of ether oxygens (including phenoxy) is 1. The number of rotatable bonds is 2. The van der Waals surface area contributed by atoms with Gasteiger partial charge in [0.1, 0.15) is 5.15 Å². The molecular formula is C9H14ClN3O2. The van der Waals surface area contributed by atoms with E-state index < -0.39 is 5.97 Å². The third-order valence-electron chi connectivity index (χ3n) is 1.52. The minimum Gasteiger partial charge on any atom is -0.465 e. The van der Waals surface area contributed by atoms with Crippen molar-refractivity contribution in [3.05, 3.63) is 28.5 Å². The van der Waals surface area contributed by atoms with Crippen LogP contribution in [0.25, 0.3) is 0 Å². The van der Waals surface area contributed by atoms with Gasteiger partial charge in [0.05, 0.1) is 18.4 Å². The molecule has 1 aromatic rings. The van der Waals surface area contributed by atoms with Crippen LogP contribution in [0.3, 0.4) is 0 Å². The average molecular weight is 232 g/mol. The zero-order valence-electron chi connectivity index (χ0n) is 8.66. The number of methoxy groups -OCH3 is 1. The molecule has 0 radical (unpaired) electrons. The van der Waals surface area contributed by atoms with Crippen LogP contribution >= 0.6 is 11.6 Å². The molecule has 1 heterocycles. The third-order valence-corrected chi connectivity index (χ3v) is 1.81. The van der Waals surface area contributed by atoms with Crippen molar-refractivity contribution >= 4 is 17.6 Å². The normalized spacial score (nSPS) is 8.87. The van der Waals surface area contributed by atoms with Gasteiger partial charge < -0.3 is 16.2 Å². The molecule has 0 aliphatic rings. The van der Waals surface area contributed by atoms with Crippen molar-refractivity contribution in [1.82, 2.24) is 4.98 Å². The first-order valence-electron chi connectivity index (χ1n) is 4.20. The minimum atomic E-state index is -0.499. The number of nitrogens with zero attached hydrogens (tertiary/aromatic N) is 1. The molecule has 5 nitrogen and oxygen atoms in total. The van der Waals surface area contributed by atoms with Gasteiger partial charge in [0.15, 0.2) is 0 Å². The van der Waals surface area contributed by atoms with Gasteiger partial charge in [-0.2, -0.15) is 0 Å². The van der Waals surface area contributed by atoms with E-state index in [1.165, 1.54) is 14.2 Å². The van der Waals surface area contributed by atoms with Crippen molar-refractivity contribution in [1.29, 1.82) is 0 Å². The second-order valence-electron chi connectivity index (χ2n) is 2.34. The second-order valence-corrected chi connectivity index (χ2v) is 2.69. The van der Waals surface area contributed by atoms with Crippen LogP contribution < -0.4 is 11.5 Å². The standard InChI is InChI=1S/C8H9ClN2O2.CH5N/c1-13-8(12)6-3-2-5(4-10)11-7(6)9;1-2/h2-3H,4,10H2,1H3;2H2,1H3. The summed E-state index contributed by atoms with van der Waals surface area (Å²) in [6.07, 6.45) is 0. The Kier molecular flexibility index (Phi) is 6.61. The molecule has 84 valence electrons. The fourth-order valence-corrected chi connectivity index (χ4v) is 1.10. The fourth-order valence-electron chi connectivity index (χ4n) is 0.848. The van der Waals surface area contributed by atoms with Gasteiger partial charge in [-0.05, 0) is 19.2 Å². The number of aromatic nitrogens is 1. The van der Waals surface area contributed by atoms with E-state index in [9.17, 15) is 4.79 Å². The van der Waals surface area contributed by atoms with E-state index in [0.29, 0.717) is 12.2 Å². The van der Waals surface area contributed by atoms with Crippen molar-refractivity contribution in [2.75, 3.05) is 14.2 Å². The molecule has 0 aliphatic heterocycles. The van der Waals surface area contributed by atoms with Crippen molar-refractivity contribution in [2.24, 2.45) is 11.5 Å². The van der Waals surface area contributed by atoms with Gasteiger partial charge in [-0.3, -0.25) is 0 Å². The van der Waals surface area contributed by atoms with E-state index in [2.05, 4.69) is 15.5 Å². The molecule has 0 aromatic carbocycles. The summed E-state index contributed by atoms with van der Waals surface area (Å²) in [6.45, 7) is 0.293. The average Bonchev–Trinajstić information content (AvgIpc) is 2.30. The number of pyridine rings is 1. The lowest BCUT2D eigenvalue weighted by Crippen LogP contribution is -2.06. The maximum atomic E-state index is 11.1. The largest absolute Gasteiger partial charge is 0.465 e. The maximum Gasteiger partial charge on any atom is 0.341 e. The molecule has 0 saturated heterocycles. The van der Waals surface area contributed by atoms with Gasteiger partial charge in [-0.1, -0.05) is 11.6 Å². The lowest BCUT2D eigenvalue weighted by atomic mass is 10.2. The first kappa shape index (κ1) is 13.8. The molecule has 0 bridgehead atoms. The van der Waals surface area contributed by atoms with E-state index in [-0.39, 0.29) is 10.7 Å². The molecule has 0 aliphatic carbocycles. The zero-order chi connectivity index (χ0) is 11.8. The molecule has 15 heavy (non-hydrogen) atoms. The SMILES string of the molecule is CN.COC(=O)c1ccc(CN)nc1Cl. The molecule has 0 atom stereocenters. The molecule has 0 unspecified atom stereocenters. The Hall–Kier alpha value is -1.17. The lowest BCUT2D eigenvalue weighted by molar-refractivity contribution is 0.0600. The number of carbonyl (C=O) groups excluding carboxylic acids is 1. The van der Waals surface area contributed by atoms with Crippen LogP contribution in [0.15, 0.2) is 12.1 Å². The van der Waals surface area contributed by atoms with Crippen molar-refractivity contribution in [2.45, 2.75) is 6.54 Å². The highest BCUT2D eigenvalue weighted by Gasteiger charge is 2.11. The Morgan fingerprint density at radius 1 is 1.53 bits per heavy atom. The Morgan fingerprint density at radius 3 is 2.53 bits per heavy atom. The molecule has 4 N–H and O–H groups in total. The van der Waals surface area contributed by atoms with Gasteiger partial charge in [0.25, 0.3) is 0 Å². The van der Waals surface area contributed by atoms with Crippen LogP contribution in [0.4, 0.5) is 0 Å².